The van der Waals surface area contributed by atoms with Crippen LogP contribution >= 0.6 is 0 Å². The van der Waals surface area contributed by atoms with E-state index in [1.54, 1.807) is 6.92 Å². The Morgan fingerprint density at radius 2 is 2.24 bits per heavy atom. The smallest absolute Gasteiger partial charge is 0.326 e. The predicted molar refractivity (Wildman–Crippen MR) is 71.8 cm³/mol. The summed E-state index contributed by atoms with van der Waals surface area (Å²) in [6.07, 6.45) is 1.92. The summed E-state index contributed by atoms with van der Waals surface area (Å²) in [4.78, 5) is 23.7. The zero-order chi connectivity index (χ0) is 15.6. The van der Waals surface area contributed by atoms with E-state index in [9.17, 15) is 18.4 Å². The van der Waals surface area contributed by atoms with Crippen LogP contribution in [0.3, 0.4) is 0 Å². The highest BCUT2D eigenvalue weighted by molar-refractivity contribution is 5.76. The van der Waals surface area contributed by atoms with Crippen LogP contribution < -0.4 is 0 Å². The zero-order valence-corrected chi connectivity index (χ0v) is 11.7. The molecule has 0 saturated carbocycles. The maximum Gasteiger partial charge on any atom is 0.326 e. The lowest BCUT2D eigenvalue weighted by atomic mass is 9.86. The van der Waals surface area contributed by atoms with E-state index in [0.717, 1.165) is 6.07 Å². The second-order valence-electron chi connectivity index (χ2n) is 5.24. The maximum absolute atomic E-state index is 13.7. The fourth-order valence-electron chi connectivity index (χ4n) is 2.97. The molecule has 0 aromatic heterocycles. The van der Waals surface area contributed by atoms with Crippen LogP contribution in [0.4, 0.5) is 8.78 Å². The topological polar surface area (TPSA) is 57.6 Å². The van der Waals surface area contributed by atoms with Crippen LogP contribution in [0.2, 0.25) is 0 Å². The van der Waals surface area contributed by atoms with Gasteiger partial charge in [0.25, 0.3) is 0 Å². The maximum atomic E-state index is 13.7. The molecule has 0 fully saturated rings. The van der Waals surface area contributed by atoms with Crippen molar-refractivity contribution in [3.05, 3.63) is 34.9 Å². The molecule has 0 heterocycles. The van der Waals surface area contributed by atoms with Gasteiger partial charge in [-0.25, -0.2) is 13.6 Å². The van der Waals surface area contributed by atoms with Gasteiger partial charge in [0.2, 0.25) is 6.41 Å². The number of rotatable bonds is 5. The number of halogens is 2. The summed E-state index contributed by atoms with van der Waals surface area (Å²) in [5, 5.41) is 9.17. The zero-order valence-electron chi connectivity index (χ0n) is 11.7. The van der Waals surface area contributed by atoms with Gasteiger partial charge in [-0.3, -0.25) is 4.79 Å². The van der Waals surface area contributed by atoms with E-state index in [4.69, 9.17) is 5.11 Å². The molecule has 6 heteroatoms. The van der Waals surface area contributed by atoms with Gasteiger partial charge in [-0.2, -0.15) is 0 Å². The summed E-state index contributed by atoms with van der Waals surface area (Å²) in [6.45, 7) is 1.69. The number of hydrogen-bond acceptors (Lipinski definition) is 2. The van der Waals surface area contributed by atoms with Crippen molar-refractivity contribution in [2.75, 3.05) is 0 Å². The van der Waals surface area contributed by atoms with Crippen molar-refractivity contribution in [3.63, 3.8) is 0 Å². The molecular formula is C15H17F2NO3. The Hall–Kier alpha value is -1.98. The van der Waals surface area contributed by atoms with Crippen molar-refractivity contribution in [1.29, 1.82) is 0 Å². The summed E-state index contributed by atoms with van der Waals surface area (Å²) in [7, 11) is 0. The van der Waals surface area contributed by atoms with E-state index in [-0.39, 0.29) is 18.9 Å². The SMILES string of the molecule is CCC(C(=O)O)N(C=O)C1CCc2c(F)cc(F)cc2C1. The van der Waals surface area contributed by atoms with Gasteiger partial charge < -0.3 is 10.0 Å². The molecule has 2 unspecified atom stereocenters. The number of carbonyl (C=O) groups is 2. The molecule has 0 spiro atoms. The van der Waals surface area contributed by atoms with Gasteiger partial charge in [-0.05, 0) is 42.9 Å². The van der Waals surface area contributed by atoms with Gasteiger partial charge in [-0.15, -0.1) is 0 Å². The predicted octanol–water partition coefficient (Wildman–Crippen LogP) is 2.14. The highest BCUT2D eigenvalue weighted by atomic mass is 19.1. The number of carboxylic acid groups (broad SMARTS) is 1. The quantitative estimate of drug-likeness (QED) is 0.847. The van der Waals surface area contributed by atoms with Crippen molar-refractivity contribution < 1.29 is 23.5 Å². The average molecular weight is 297 g/mol. The number of amides is 1. The minimum Gasteiger partial charge on any atom is -0.480 e. The first-order valence-corrected chi connectivity index (χ1v) is 6.90. The number of carboxylic acids is 1. The van der Waals surface area contributed by atoms with Crippen LogP contribution in [0.25, 0.3) is 0 Å². The van der Waals surface area contributed by atoms with Crippen LogP contribution in [0, 0.1) is 11.6 Å². The molecule has 0 radical (unpaired) electrons. The summed E-state index contributed by atoms with van der Waals surface area (Å²) in [6, 6.07) is 0.850. The lowest BCUT2D eigenvalue weighted by molar-refractivity contribution is -0.148. The fraction of sp³-hybridized carbons (Fsp3) is 0.467. The third-order valence-electron chi connectivity index (χ3n) is 4.01. The van der Waals surface area contributed by atoms with Crippen molar-refractivity contribution in [1.82, 2.24) is 4.90 Å². The minimum atomic E-state index is -1.07. The molecule has 1 amide bonds. The number of aliphatic carboxylic acids is 1. The highest BCUT2D eigenvalue weighted by Crippen LogP contribution is 2.28. The van der Waals surface area contributed by atoms with E-state index < -0.39 is 23.6 Å². The normalized spacial score (nSPS) is 18.7. The Balaban J connectivity index is 2.27. The molecule has 1 N–H and O–H groups in total. The third-order valence-corrected chi connectivity index (χ3v) is 4.01. The molecule has 1 aromatic rings. The average Bonchev–Trinajstić information content (AvgIpc) is 2.43. The van der Waals surface area contributed by atoms with E-state index in [1.165, 1.54) is 11.0 Å². The standard InChI is InChI=1S/C15H17F2NO3/c1-2-14(15(20)21)18(8-19)11-3-4-12-9(6-11)5-10(16)7-13(12)17/h5,7-8,11,14H,2-4,6H2,1H3,(H,20,21). The second-order valence-corrected chi connectivity index (χ2v) is 5.24. The highest BCUT2D eigenvalue weighted by Gasteiger charge is 2.32. The second kappa shape index (κ2) is 6.20. The first-order chi connectivity index (χ1) is 9.97. The van der Waals surface area contributed by atoms with Crippen molar-refractivity contribution in [2.24, 2.45) is 0 Å². The van der Waals surface area contributed by atoms with Crippen molar-refractivity contribution >= 4 is 12.4 Å². The molecule has 2 atom stereocenters. The van der Waals surface area contributed by atoms with E-state index in [0.29, 0.717) is 30.4 Å². The van der Waals surface area contributed by atoms with Gasteiger partial charge in [0.05, 0.1) is 0 Å². The van der Waals surface area contributed by atoms with E-state index >= 15 is 0 Å². The molecule has 4 nitrogen and oxygen atoms in total. The first kappa shape index (κ1) is 15.4. The minimum absolute atomic E-state index is 0.270. The number of carbonyl (C=O) groups excluding carboxylic acids is 1. The Kier molecular flexibility index (Phi) is 4.55. The molecular weight excluding hydrogens is 280 g/mol. The summed E-state index contributed by atoms with van der Waals surface area (Å²) < 4.78 is 27.0. The number of nitrogens with zero attached hydrogens (tertiary/aromatic N) is 1. The van der Waals surface area contributed by atoms with Crippen LogP contribution in [0.15, 0.2) is 12.1 Å². The number of hydrogen-bond donors (Lipinski definition) is 1. The van der Waals surface area contributed by atoms with Crippen molar-refractivity contribution in [2.45, 2.75) is 44.7 Å². The molecule has 0 bridgehead atoms. The van der Waals surface area contributed by atoms with Gasteiger partial charge in [0.1, 0.15) is 17.7 Å². The van der Waals surface area contributed by atoms with Crippen LogP contribution in [0.1, 0.15) is 30.9 Å². The Labute approximate surface area is 121 Å². The Bertz CT molecular complexity index is 562. The van der Waals surface area contributed by atoms with Crippen LogP contribution in [-0.2, 0) is 22.4 Å². The van der Waals surface area contributed by atoms with Crippen LogP contribution in [-0.4, -0.2) is 34.5 Å². The lowest BCUT2D eigenvalue weighted by Crippen LogP contribution is -2.48. The lowest BCUT2D eigenvalue weighted by Gasteiger charge is -2.36. The molecule has 21 heavy (non-hydrogen) atoms. The molecule has 0 aliphatic heterocycles. The third kappa shape index (κ3) is 3.04. The number of benzene rings is 1. The Morgan fingerprint density at radius 3 is 2.81 bits per heavy atom. The molecule has 2 rings (SSSR count). The van der Waals surface area contributed by atoms with Gasteiger partial charge in [0.15, 0.2) is 0 Å². The summed E-state index contributed by atoms with van der Waals surface area (Å²) >= 11 is 0. The summed E-state index contributed by atoms with van der Waals surface area (Å²) in [5.74, 6) is -2.30. The monoisotopic (exact) mass is 297 g/mol. The molecule has 114 valence electrons. The van der Waals surface area contributed by atoms with Crippen LogP contribution in [0.5, 0.6) is 0 Å². The van der Waals surface area contributed by atoms with E-state index in [1.807, 2.05) is 0 Å². The molecule has 1 aromatic carbocycles. The molecule has 0 saturated heterocycles. The fourth-order valence-corrected chi connectivity index (χ4v) is 2.97. The van der Waals surface area contributed by atoms with Crippen molar-refractivity contribution in [3.8, 4) is 0 Å². The van der Waals surface area contributed by atoms with Gasteiger partial charge in [0, 0.05) is 12.1 Å². The molecule has 1 aliphatic rings. The van der Waals surface area contributed by atoms with Gasteiger partial charge >= 0.3 is 5.97 Å². The molecule has 1 aliphatic carbocycles. The van der Waals surface area contributed by atoms with E-state index in [2.05, 4.69) is 0 Å². The largest absolute Gasteiger partial charge is 0.480 e. The Morgan fingerprint density at radius 1 is 1.52 bits per heavy atom. The van der Waals surface area contributed by atoms with Gasteiger partial charge in [-0.1, -0.05) is 6.92 Å². The first-order valence-electron chi connectivity index (χ1n) is 6.90. The number of fused-ring (bicyclic) bond motifs is 1. The summed E-state index contributed by atoms with van der Waals surface area (Å²) in [5.41, 5.74) is 0.970.